The number of carbonyl (C=O) groups excluding carboxylic acids is 3. The molecule has 0 aliphatic carbocycles. The average Bonchev–Trinajstić information content (AvgIpc) is 2.84. The molecule has 1 unspecified atom stereocenters. The van der Waals surface area contributed by atoms with Crippen molar-refractivity contribution in [2.75, 3.05) is 33.4 Å². The molecule has 1 rings (SSSR count). The number of ether oxygens (including phenoxy) is 2. The molecule has 0 aromatic carbocycles. The third-order valence-corrected chi connectivity index (χ3v) is 4.62. The number of nitrogens with zero attached hydrogens (tertiary/aromatic N) is 2. The topological polar surface area (TPSA) is 89.9 Å². The van der Waals surface area contributed by atoms with Gasteiger partial charge in [-0.1, -0.05) is 0 Å². The number of hydrogen-bond acceptors (Lipinski definition) is 5. The Kier molecular flexibility index (Phi) is 8.49. The van der Waals surface area contributed by atoms with Gasteiger partial charge in [0.15, 0.2) is 5.78 Å². The Balaban J connectivity index is 3.27. The van der Waals surface area contributed by atoms with Gasteiger partial charge in [0.05, 0.1) is 19.3 Å². The van der Waals surface area contributed by atoms with E-state index in [-0.39, 0.29) is 25.0 Å². The summed E-state index contributed by atoms with van der Waals surface area (Å²) in [6.45, 7) is 10.0. The highest BCUT2D eigenvalue weighted by atomic mass is 16.5. The van der Waals surface area contributed by atoms with Gasteiger partial charge >= 0.3 is 12.0 Å². The molecule has 0 radical (unpaired) electrons. The summed E-state index contributed by atoms with van der Waals surface area (Å²) in [4.78, 5) is 39.3. The van der Waals surface area contributed by atoms with Crippen LogP contribution in [-0.4, -0.2) is 66.7 Å². The number of methoxy groups -OCH3 is 1. The highest BCUT2D eigenvalue weighted by Gasteiger charge is 2.32. The van der Waals surface area contributed by atoms with Gasteiger partial charge in [-0.3, -0.25) is 4.79 Å². The maximum Gasteiger partial charge on any atom is 0.355 e. The first-order valence-electron chi connectivity index (χ1n) is 9.13. The molecule has 0 bridgehead atoms. The van der Waals surface area contributed by atoms with Crippen LogP contribution in [0.3, 0.4) is 0 Å². The number of nitrogens with one attached hydrogen (secondary N) is 1. The Morgan fingerprint density at radius 2 is 1.85 bits per heavy atom. The molecule has 0 fully saturated rings. The SMILES string of the molecule is CCNC(=O)N(CCOC)C(C)C(=O)c1c(C)c(C(=O)OCC)n(C)c1C. The fraction of sp³-hybridized carbons (Fsp3) is 0.632. The lowest BCUT2D eigenvalue weighted by Gasteiger charge is -2.28. The lowest BCUT2D eigenvalue weighted by molar-refractivity contribution is 0.0514. The van der Waals surface area contributed by atoms with E-state index in [0.29, 0.717) is 35.7 Å². The third-order valence-electron chi connectivity index (χ3n) is 4.62. The number of aromatic nitrogens is 1. The fourth-order valence-corrected chi connectivity index (χ4v) is 3.09. The molecule has 0 aliphatic heterocycles. The van der Waals surface area contributed by atoms with Crippen LogP contribution in [0, 0.1) is 13.8 Å². The summed E-state index contributed by atoms with van der Waals surface area (Å²) >= 11 is 0. The van der Waals surface area contributed by atoms with Crippen molar-refractivity contribution < 1.29 is 23.9 Å². The maximum absolute atomic E-state index is 13.2. The van der Waals surface area contributed by atoms with Gasteiger partial charge in [0.1, 0.15) is 5.69 Å². The normalized spacial score (nSPS) is 11.8. The number of rotatable bonds is 9. The second-order valence-electron chi connectivity index (χ2n) is 6.28. The molecule has 1 aromatic rings. The zero-order chi connectivity index (χ0) is 20.7. The molecule has 8 nitrogen and oxygen atoms in total. The summed E-state index contributed by atoms with van der Waals surface area (Å²) in [5.74, 6) is -0.689. The van der Waals surface area contributed by atoms with Gasteiger partial charge in [-0.15, -0.1) is 0 Å². The lowest BCUT2D eigenvalue weighted by Crippen LogP contribution is -2.49. The van der Waals surface area contributed by atoms with Crippen molar-refractivity contribution in [2.24, 2.45) is 7.05 Å². The van der Waals surface area contributed by atoms with Gasteiger partial charge in [-0.05, 0) is 40.2 Å². The monoisotopic (exact) mass is 381 g/mol. The second-order valence-corrected chi connectivity index (χ2v) is 6.28. The Hall–Kier alpha value is -2.35. The Morgan fingerprint density at radius 1 is 1.22 bits per heavy atom. The molecule has 1 aromatic heterocycles. The van der Waals surface area contributed by atoms with Gasteiger partial charge in [-0.2, -0.15) is 0 Å². The van der Waals surface area contributed by atoms with Crippen LogP contribution in [0.5, 0.6) is 0 Å². The van der Waals surface area contributed by atoms with E-state index in [4.69, 9.17) is 9.47 Å². The molecule has 2 amide bonds. The van der Waals surface area contributed by atoms with Gasteiger partial charge < -0.3 is 24.3 Å². The van der Waals surface area contributed by atoms with Gasteiger partial charge in [0, 0.05) is 38.5 Å². The summed E-state index contributed by atoms with van der Waals surface area (Å²) in [5.41, 5.74) is 2.02. The number of Topliss-reactive ketones (excluding diaryl/α,β-unsaturated/α-hetero) is 1. The standard InChI is InChI=1S/C19H31N3O5/c1-8-20-19(25)22(10-11-26-7)14(5)17(23)15-12(3)16(18(24)27-9-2)21(6)13(15)4/h14H,8-11H2,1-7H3,(H,20,25). The van der Waals surface area contributed by atoms with Crippen LogP contribution in [0.15, 0.2) is 0 Å². The molecule has 0 aliphatic rings. The number of esters is 1. The molecule has 1 atom stereocenters. The minimum Gasteiger partial charge on any atom is -0.461 e. The molecule has 8 heteroatoms. The third kappa shape index (κ3) is 4.88. The molecule has 1 N–H and O–H groups in total. The second kappa shape index (κ2) is 10.1. The first kappa shape index (κ1) is 22.7. The van der Waals surface area contributed by atoms with Crippen molar-refractivity contribution in [1.82, 2.24) is 14.8 Å². The number of urea groups is 1. The zero-order valence-corrected chi connectivity index (χ0v) is 17.3. The van der Waals surface area contributed by atoms with Crippen LogP contribution in [0.1, 0.15) is 52.9 Å². The fourth-order valence-electron chi connectivity index (χ4n) is 3.09. The molecule has 27 heavy (non-hydrogen) atoms. The van der Waals surface area contributed by atoms with Gasteiger partial charge in [0.2, 0.25) is 0 Å². The van der Waals surface area contributed by atoms with Crippen molar-refractivity contribution in [3.05, 3.63) is 22.5 Å². The van der Waals surface area contributed by atoms with Crippen LogP contribution in [0.25, 0.3) is 0 Å². The van der Waals surface area contributed by atoms with Crippen molar-refractivity contribution in [3.63, 3.8) is 0 Å². The van der Waals surface area contributed by atoms with Crippen molar-refractivity contribution in [3.8, 4) is 0 Å². The van der Waals surface area contributed by atoms with E-state index in [1.165, 1.54) is 4.90 Å². The minimum absolute atomic E-state index is 0.224. The maximum atomic E-state index is 13.2. The van der Waals surface area contributed by atoms with E-state index in [0.717, 1.165) is 0 Å². The van der Waals surface area contributed by atoms with Gasteiger partial charge in [0.25, 0.3) is 0 Å². The summed E-state index contributed by atoms with van der Waals surface area (Å²) in [7, 11) is 3.27. The smallest absolute Gasteiger partial charge is 0.355 e. The van der Waals surface area contributed by atoms with Crippen molar-refractivity contribution in [2.45, 2.75) is 40.7 Å². The molecular weight excluding hydrogens is 350 g/mol. The van der Waals surface area contributed by atoms with E-state index in [1.807, 2.05) is 6.92 Å². The largest absolute Gasteiger partial charge is 0.461 e. The minimum atomic E-state index is -0.707. The first-order valence-corrected chi connectivity index (χ1v) is 9.13. The average molecular weight is 381 g/mol. The Labute approximate surface area is 160 Å². The van der Waals surface area contributed by atoms with Gasteiger partial charge in [-0.25, -0.2) is 9.59 Å². The number of hydrogen-bond donors (Lipinski definition) is 1. The van der Waals surface area contributed by atoms with E-state index in [2.05, 4.69) is 5.32 Å². The molecule has 0 spiro atoms. The predicted octanol–water partition coefficient (Wildman–Crippen LogP) is 2.07. The van der Waals surface area contributed by atoms with Crippen LogP contribution in [-0.2, 0) is 16.5 Å². The number of amides is 2. The van der Waals surface area contributed by atoms with E-state index in [9.17, 15) is 14.4 Å². The number of carbonyl (C=O) groups is 3. The van der Waals surface area contributed by atoms with Crippen LogP contribution in [0.2, 0.25) is 0 Å². The van der Waals surface area contributed by atoms with Crippen LogP contribution >= 0.6 is 0 Å². The van der Waals surface area contributed by atoms with E-state index in [1.54, 1.807) is 46.4 Å². The summed E-state index contributed by atoms with van der Waals surface area (Å²) in [6, 6.07) is -1.03. The predicted molar refractivity (Wildman–Crippen MR) is 102 cm³/mol. The molecule has 0 saturated heterocycles. The molecule has 152 valence electrons. The summed E-state index contributed by atoms with van der Waals surface area (Å²) in [6.07, 6.45) is 0. The van der Waals surface area contributed by atoms with Crippen molar-refractivity contribution >= 4 is 17.8 Å². The summed E-state index contributed by atoms with van der Waals surface area (Å²) < 4.78 is 11.8. The molecular formula is C19H31N3O5. The van der Waals surface area contributed by atoms with E-state index < -0.39 is 12.0 Å². The lowest BCUT2D eigenvalue weighted by atomic mass is 10.00. The molecule has 0 saturated carbocycles. The zero-order valence-electron chi connectivity index (χ0n) is 17.3. The highest BCUT2D eigenvalue weighted by Crippen LogP contribution is 2.24. The van der Waals surface area contributed by atoms with Crippen LogP contribution < -0.4 is 5.32 Å². The first-order chi connectivity index (χ1) is 12.7. The Morgan fingerprint density at radius 3 is 2.37 bits per heavy atom. The van der Waals surface area contributed by atoms with E-state index >= 15 is 0 Å². The van der Waals surface area contributed by atoms with Crippen molar-refractivity contribution in [1.29, 1.82) is 0 Å². The highest BCUT2D eigenvalue weighted by molar-refractivity contribution is 6.06. The summed E-state index contributed by atoms with van der Waals surface area (Å²) in [5, 5.41) is 2.72. The van der Waals surface area contributed by atoms with Crippen LogP contribution in [0.4, 0.5) is 4.79 Å². The quantitative estimate of drug-likeness (QED) is 0.522. The number of ketones is 1. The Bertz CT molecular complexity index is 696. The molecule has 1 heterocycles.